The average molecular weight is 284 g/mol. The normalized spacial score (nSPS) is 21.6. The van der Waals surface area contributed by atoms with Crippen molar-refractivity contribution in [1.29, 1.82) is 0 Å². The van der Waals surface area contributed by atoms with Crippen molar-refractivity contribution in [3.63, 3.8) is 0 Å². The van der Waals surface area contributed by atoms with E-state index >= 15 is 0 Å². The van der Waals surface area contributed by atoms with Crippen molar-refractivity contribution in [2.24, 2.45) is 0 Å². The van der Waals surface area contributed by atoms with Gasteiger partial charge in [0.05, 0.1) is 18.6 Å². The molecule has 2 aromatic rings. The molecule has 0 aliphatic carbocycles. The Labute approximate surface area is 124 Å². The molecule has 1 saturated heterocycles. The Balaban J connectivity index is 1.80. The van der Waals surface area contributed by atoms with Crippen LogP contribution in [0.25, 0.3) is 10.8 Å². The topological polar surface area (TPSA) is 52.6 Å². The summed E-state index contributed by atoms with van der Waals surface area (Å²) in [4.78, 5) is 14.1. The van der Waals surface area contributed by atoms with Crippen molar-refractivity contribution >= 4 is 16.7 Å². The molecule has 4 nitrogen and oxygen atoms in total. The summed E-state index contributed by atoms with van der Waals surface area (Å²) in [6.07, 6.45) is -0.118. The highest BCUT2D eigenvalue weighted by atomic mass is 16.3. The van der Waals surface area contributed by atoms with E-state index in [2.05, 4.69) is 17.4 Å². The number of aliphatic hydroxyl groups excluding tert-OH is 1. The monoisotopic (exact) mass is 284 g/mol. The van der Waals surface area contributed by atoms with E-state index < -0.39 is 6.10 Å². The van der Waals surface area contributed by atoms with E-state index in [0.29, 0.717) is 19.5 Å². The molecule has 1 amide bonds. The first-order chi connectivity index (χ1) is 10.2. The number of carbonyl (C=O) groups excluding carboxylic acids is 1. The van der Waals surface area contributed by atoms with Crippen LogP contribution in [0.4, 0.5) is 0 Å². The summed E-state index contributed by atoms with van der Waals surface area (Å²) in [5.41, 5.74) is 1.03. The molecule has 0 saturated carbocycles. The van der Waals surface area contributed by atoms with Gasteiger partial charge in [-0.05, 0) is 16.3 Å². The number of β-amino-alcohol motifs (C(OH)–C–C–N with tert-alkyl or cyclic N) is 1. The molecule has 0 unspecified atom stereocenters. The summed E-state index contributed by atoms with van der Waals surface area (Å²) in [6.45, 7) is 1.20. The second-order valence-electron chi connectivity index (χ2n) is 5.61. The van der Waals surface area contributed by atoms with E-state index in [9.17, 15) is 9.90 Å². The summed E-state index contributed by atoms with van der Waals surface area (Å²) in [6, 6.07) is 14.0. The van der Waals surface area contributed by atoms with Crippen LogP contribution in [0, 0.1) is 0 Å². The van der Waals surface area contributed by atoms with Gasteiger partial charge in [-0.3, -0.25) is 4.79 Å². The van der Waals surface area contributed by atoms with Crippen LogP contribution in [0.5, 0.6) is 0 Å². The third-order valence-electron chi connectivity index (χ3n) is 4.26. The molecular formula is C17H20N2O2. The second-order valence-corrected chi connectivity index (χ2v) is 5.61. The number of nitrogens with one attached hydrogen (secondary N) is 1. The van der Waals surface area contributed by atoms with Crippen LogP contribution in [-0.4, -0.2) is 48.2 Å². The van der Waals surface area contributed by atoms with Crippen LogP contribution in [-0.2, 0) is 11.2 Å². The Hall–Kier alpha value is -1.91. The number of carbonyl (C=O) groups is 1. The standard InChI is InChI=1S/C17H20N2O2/c1-19(15-10-18-11-16(15)20)17(21)9-13-7-4-6-12-5-2-3-8-14(12)13/h2-8,15-16,18,20H,9-11H2,1H3/t15-,16-/m1/s1. The zero-order valence-corrected chi connectivity index (χ0v) is 12.1. The average Bonchev–Trinajstić information content (AvgIpc) is 2.93. The minimum absolute atomic E-state index is 0.0408. The lowest BCUT2D eigenvalue weighted by Crippen LogP contribution is -2.44. The number of benzene rings is 2. The highest BCUT2D eigenvalue weighted by Crippen LogP contribution is 2.20. The molecule has 0 radical (unpaired) electrons. The van der Waals surface area contributed by atoms with Gasteiger partial charge < -0.3 is 15.3 Å². The quantitative estimate of drug-likeness (QED) is 0.890. The van der Waals surface area contributed by atoms with Crippen molar-refractivity contribution in [3.05, 3.63) is 48.0 Å². The summed E-state index contributed by atoms with van der Waals surface area (Å²) >= 11 is 0. The van der Waals surface area contributed by atoms with Crippen molar-refractivity contribution < 1.29 is 9.90 Å². The Bertz CT molecular complexity index is 651. The van der Waals surface area contributed by atoms with Crippen molar-refractivity contribution in [2.75, 3.05) is 20.1 Å². The van der Waals surface area contributed by atoms with Gasteiger partial charge in [-0.15, -0.1) is 0 Å². The van der Waals surface area contributed by atoms with Gasteiger partial charge in [-0.25, -0.2) is 0 Å². The van der Waals surface area contributed by atoms with E-state index in [4.69, 9.17) is 0 Å². The number of fused-ring (bicyclic) bond motifs is 1. The van der Waals surface area contributed by atoms with Crippen molar-refractivity contribution in [1.82, 2.24) is 10.2 Å². The summed E-state index contributed by atoms with van der Waals surface area (Å²) in [5.74, 6) is 0.0408. The third-order valence-corrected chi connectivity index (χ3v) is 4.26. The molecule has 1 aliphatic heterocycles. The second kappa shape index (κ2) is 5.84. The summed E-state index contributed by atoms with van der Waals surface area (Å²) < 4.78 is 0. The molecule has 2 aromatic carbocycles. The highest BCUT2D eigenvalue weighted by molar-refractivity contribution is 5.90. The van der Waals surface area contributed by atoms with Gasteiger partial charge >= 0.3 is 0 Å². The molecule has 1 fully saturated rings. The fraction of sp³-hybridized carbons (Fsp3) is 0.353. The fourth-order valence-corrected chi connectivity index (χ4v) is 2.97. The van der Waals surface area contributed by atoms with Crippen molar-refractivity contribution in [2.45, 2.75) is 18.6 Å². The first-order valence-corrected chi connectivity index (χ1v) is 7.28. The first kappa shape index (κ1) is 14.0. The summed E-state index contributed by atoms with van der Waals surface area (Å²) in [5, 5.41) is 15.3. The van der Waals surface area contributed by atoms with Gasteiger partial charge in [-0.2, -0.15) is 0 Å². The molecule has 4 heteroatoms. The number of hydrogen-bond donors (Lipinski definition) is 2. The predicted octanol–water partition coefficient (Wildman–Crippen LogP) is 1.17. The zero-order chi connectivity index (χ0) is 14.8. The predicted molar refractivity (Wildman–Crippen MR) is 83.1 cm³/mol. The van der Waals surface area contributed by atoms with Gasteiger partial charge in [0, 0.05) is 20.1 Å². The van der Waals surface area contributed by atoms with Gasteiger partial charge in [0.15, 0.2) is 0 Å². The number of hydrogen-bond acceptors (Lipinski definition) is 3. The van der Waals surface area contributed by atoms with Crippen LogP contribution in [0.15, 0.2) is 42.5 Å². The first-order valence-electron chi connectivity index (χ1n) is 7.28. The van der Waals surface area contributed by atoms with E-state index in [1.54, 1.807) is 11.9 Å². The van der Waals surface area contributed by atoms with E-state index in [-0.39, 0.29) is 11.9 Å². The molecule has 0 spiro atoms. The highest BCUT2D eigenvalue weighted by Gasteiger charge is 2.31. The molecule has 2 N–H and O–H groups in total. The Morgan fingerprint density at radius 2 is 2.00 bits per heavy atom. The van der Waals surface area contributed by atoms with E-state index in [1.165, 1.54) is 0 Å². The smallest absolute Gasteiger partial charge is 0.227 e. The molecule has 3 rings (SSSR count). The van der Waals surface area contributed by atoms with Crippen LogP contribution in [0.1, 0.15) is 5.56 Å². The van der Waals surface area contributed by atoms with E-state index in [0.717, 1.165) is 16.3 Å². The Morgan fingerprint density at radius 1 is 1.24 bits per heavy atom. The van der Waals surface area contributed by atoms with Crippen LogP contribution in [0.2, 0.25) is 0 Å². The van der Waals surface area contributed by atoms with Gasteiger partial charge in [-0.1, -0.05) is 42.5 Å². The molecule has 0 aromatic heterocycles. The molecule has 1 aliphatic rings. The van der Waals surface area contributed by atoms with Crippen LogP contribution in [0.3, 0.4) is 0 Å². The number of aliphatic hydroxyl groups is 1. The zero-order valence-electron chi connectivity index (χ0n) is 12.1. The van der Waals surface area contributed by atoms with Crippen LogP contribution >= 0.6 is 0 Å². The molecule has 1 heterocycles. The Morgan fingerprint density at radius 3 is 2.76 bits per heavy atom. The fourth-order valence-electron chi connectivity index (χ4n) is 2.97. The Kier molecular flexibility index (Phi) is 3.90. The number of likely N-dealkylation sites (N-methyl/N-ethyl adjacent to an activating group) is 1. The lowest BCUT2D eigenvalue weighted by atomic mass is 10.0. The van der Waals surface area contributed by atoms with E-state index in [1.807, 2.05) is 30.3 Å². The maximum absolute atomic E-state index is 12.5. The molecule has 110 valence electrons. The van der Waals surface area contributed by atoms with Gasteiger partial charge in [0.25, 0.3) is 0 Å². The molecule has 0 bridgehead atoms. The van der Waals surface area contributed by atoms with Crippen molar-refractivity contribution in [3.8, 4) is 0 Å². The number of amides is 1. The lowest BCUT2D eigenvalue weighted by molar-refractivity contribution is -0.132. The molecule has 21 heavy (non-hydrogen) atoms. The largest absolute Gasteiger partial charge is 0.390 e. The number of rotatable bonds is 3. The van der Waals surface area contributed by atoms with Crippen LogP contribution < -0.4 is 5.32 Å². The van der Waals surface area contributed by atoms with Gasteiger partial charge in [0.1, 0.15) is 0 Å². The third kappa shape index (κ3) is 2.77. The minimum Gasteiger partial charge on any atom is -0.390 e. The molecule has 2 atom stereocenters. The number of nitrogens with zero attached hydrogens (tertiary/aromatic N) is 1. The minimum atomic E-state index is -0.480. The molecular weight excluding hydrogens is 264 g/mol. The maximum atomic E-state index is 12.5. The summed E-state index contributed by atoms with van der Waals surface area (Å²) in [7, 11) is 1.77. The maximum Gasteiger partial charge on any atom is 0.227 e. The SMILES string of the molecule is CN(C(=O)Cc1cccc2ccccc12)[C@@H]1CNC[C@H]1O. The van der Waals surface area contributed by atoms with Gasteiger partial charge in [0.2, 0.25) is 5.91 Å². The lowest BCUT2D eigenvalue weighted by Gasteiger charge is -2.26.